The zero-order valence-electron chi connectivity index (χ0n) is 19.0. The second kappa shape index (κ2) is 10.4. The van der Waals surface area contributed by atoms with Gasteiger partial charge in [-0.2, -0.15) is 0 Å². The van der Waals surface area contributed by atoms with Gasteiger partial charge >= 0.3 is 0 Å². The van der Waals surface area contributed by atoms with Crippen LogP contribution in [0.2, 0.25) is 5.02 Å². The molecule has 8 heteroatoms. The van der Waals surface area contributed by atoms with Crippen LogP contribution in [-0.4, -0.2) is 36.3 Å². The molecule has 2 heterocycles. The van der Waals surface area contributed by atoms with Crippen LogP contribution in [0.1, 0.15) is 51.0 Å². The molecular weight excluding hydrogens is 440 g/mol. The third kappa shape index (κ3) is 5.60. The number of amides is 2. The predicted octanol–water partition coefficient (Wildman–Crippen LogP) is 4.58. The molecule has 2 amide bonds. The minimum absolute atomic E-state index is 0.202. The maximum Gasteiger partial charge on any atom is 0.268 e. The number of nitrogens with one attached hydrogen (secondary N) is 3. The number of piperidine rings is 1. The van der Waals surface area contributed by atoms with Crippen molar-refractivity contribution >= 4 is 29.1 Å². The van der Waals surface area contributed by atoms with Gasteiger partial charge in [-0.15, -0.1) is 0 Å². The molecule has 0 bridgehead atoms. The number of halogens is 1. The zero-order valence-corrected chi connectivity index (χ0v) is 19.7. The molecule has 1 fully saturated rings. The van der Waals surface area contributed by atoms with Gasteiger partial charge in [-0.25, -0.2) is 0 Å². The summed E-state index contributed by atoms with van der Waals surface area (Å²) in [6, 6.07) is 12.6. The molecule has 176 valence electrons. The van der Waals surface area contributed by atoms with Crippen molar-refractivity contribution in [3.05, 3.63) is 53.1 Å². The van der Waals surface area contributed by atoms with Crippen molar-refractivity contribution in [3.8, 4) is 11.5 Å². The molecule has 4 rings (SSSR count). The quantitative estimate of drug-likeness (QED) is 0.425. The third-order valence-electron chi connectivity index (χ3n) is 6.32. The summed E-state index contributed by atoms with van der Waals surface area (Å²) in [7, 11) is 0. The monoisotopic (exact) mass is 470 g/mol. The van der Waals surface area contributed by atoms with E-state index in [9.17, 15) is 9.59 Å². The van der Waals surface area contributed by atoms with E-state index < -0.39 is 11.4 Å². The Hall–Kier alpha value is -2.77. The van der Waals surface area contributed by atoms with Gasteiger partial charge in [-0.05, 0) is 76.5 Å². The number of likely N-dealkylation sites (tertiary alicyclic amines) is 1. The second-order valence-electron chi connectivity index (χ2n) is 8.85. The molecule has 0 aromatic heterocycles. The normalized spacial score (nSPS) is 19.8. The average Bonchev–Trinajstić information content (AvgIpc) is 2.95. The SMILES string of the molecule is CC1(C(=O)NNC(=O)CCCCN2CCCCC2)Nc2cc(Cl)ccc2Oc2ccccc21. The lowest BCUT2D eigenvalue weighted by molar-refractivity contribution is -0.131. The highest BCUT2D eigenvalue weighted by Crippen LogP contribution is 2.43. The number of carbonyl (C=O) groups is 2. The Balaban J connectivity index is 1.36. The van der Waals surface area contributed by atoms with Gasteiger partial charge in [0.25, 0.3) is 5.91 Å². The summed E-state index contributed by atoms with van der Waals surface area (Å²) < 4.78 is 6.05. The van der Waals surface area contributed by atoms with E-state index in [0.29, 0.717) is 34.2 Å². The number of hydrogen-bond acceptors (Lipinski definition) is 5. The van der Waals surface area contributed by atoms with Gasteiger partial charge in [0.15, 0.2) is 5.75 Å². The number of nitrogens with zero attached hydrogens (tertiary/aromatic N) is 1. The van der Waals surface area contributed by atoms with E-state index >= 15 is 0 Å². The van der Waals surface area contributed by atoms with Gasteiger partial charge in [0, 0.05) is 17.0 Å². The molecule has 1 unspecified atom stereocenters. The van der Waals surface area contributed by atoms with Gasteiger partial charge in [-0.3, -0.25) is 20.4 Å². The fourth-order valence-electron chi connectivity index (χ4n) is 4.41. The molecule has 1 atom stereocenters. The fourth-order valence-corrected chi connectivity index (χ4v) is 4.58. The van der Waals surface area contributed by atoms with E-state index in [1.807, 2.05) is 24.3 Å². The van der Waals surface area contributed by atoms with Crippen molar-refractivity contribution in [1.82, 2.24) is 15.8 Å². The molecule has 0 radical (unpaired) electrons. The lowest BCUT2D eigenvalue weighted by Crippen LogP contribution is -2.53. The summed E-state index contributed by atoms with van der Waals surface area (Å²) >= 11 is 6.17. The molecule has 2 aliphatic heterocycles. The lowest BCUT2D eigenvalue weighted by Gasteiger charge is -2.30. The molecule has 0 saturated carbocycles. The standard InChI is InChI=1S/C25H31ClN4O3/c1-25(24(32)29-28-23(31)11-5-8-16-30-14-6-2-7-15-30)19-9-3-4-10-21(19)33-22-13-12-18(26)17-20(22)27-25/h3-4,9-10,12-13,17,27H,2,5-8,11,14-16H2,1H3,(H,28,31)(H,29,32). The van der Waals surface area contributed by atoms with Crippen LogP contribution in [0.5, 0.6) is 11.5 Å². The summed E-state index contributed by atoms with van der Waals surface area (Å²) in [5.74, 6) is 0.536. The summed E-state index contributed by atoms with van der Waals surface area (Å²) in [6.45, 7) is 5.10. The largest absolute Gasteiger partial charge is 0.455 e. The third-order valence-corrected chi connectivity index (χ3v) is 6.55. The highest BCUT2D eigenvalue weighted by Gasteiger charge is 2.40. The van der Waals surface area contributed by atoms with Crippen molar-refractivity contribution in [2.75, 3.05) is 25.0 Å². The minimum Gasteiger partial charge on any atom is -0.455 e. The Bertz CT molecular complexity index is 1010. The highest BCUT2D eigenvalue weighted by molar-refractivity contribution is 6.31. The van der Waals surface area contributed by atoms with Crippen LogP contribution < -0.4 is 20.9 Å². The molecule has 7 nitrogen and oxygen atoms in total. The molecule has 2 aromatic carbocycles. The van der Waals surface area contributed by atoms with Gasteiger partial charge in [-0.1, -0.05) is 36.2 Å². The summed E-state index contributed by atoms with van der Waals surface area (Å²) in [4.78, 5) is 28.1. The number of hydrogen-bond donors (Lipinski definition) is 3. The van der Waals surface area contributed by atoms with Crippen LogP contribution in [0.25, 0.3) is 0 Å². The molecular formula is C25H31ClN4O3. The second-order valence-corrected chi connectivity index (χ2v) is 9.29. The van der Waals surface area contributed by atoms with Crippen molar-refractivity contribution in [2.24, 2.45) is 0 Å². The molecule has 0 spiro atoms. The number of ether oxygens (including phenoxy) is 1. The van der Waals surface area contributed by atoms with Crippen molar-refractivity contribution in [2.45, 2.75) is 51.0 Å². The van der Waals surface area contributed by atoms with Crippen molar-refractivity contribution in [1.29, 1.82) is 0 Å². The topological polar surface area (TPSA) is 82.7 Å². The Morgan fingerprint density at radius 3 is 2.67 bits per heavy atom. The van der Waals surface area contributed by atoms with Gasteiger partial charge in [0.1, 0.15) is 11.3 Å². The first-order valence-corrected chi connectivity index (χ1v) is 12.0. The zero-order chi connectivity index (χ0) is 23.3. The highest BCUT2D eigenvalue weighted by atomic mass is 35.5. The number of rotatable bonds is 6. The smallest absolute Gasteiger partial charge is 0.268 e. The Morgan fingerprint density at radius 1 is 1.06 bits per heavy atom. The Morgan fingerprint density at radius 2 is 1.85 bits per heavy atom. The number of para-hydroxylation sites is 1. The molecule has 33 heavy (non-hydrogen) atoms. The number of hydrazine groups is 1. The number of benzene rings is 2. The van der Waals surface area contributed by atoms with E-state index in [4.69, 9.17) is 16.3 Å². The van der Waals surface area contributed by atoms with E-state index in [1.165, 1.54) is 19.3 Å². The summed E-state index contributed by atoms with van der Waals surface area (Å²) in [6.07, 6.45) is 5.99. The summed E-state index contributed by atoms with van der Waals surface area (Å²) in [5, 5.41) is 3.79. The lowest BCUT2D eigenvalue weighted by atomic mass is 9.90. The van der Waals surface area contributed by atoms with Crippen LogP contribution in [0.4, 0.5) is 5.69 Å². The van der Waals surface area contributed by atoms with Crippen molar-refractivity contribution < 1.29 is 14.3 Å². The first kappa shape index (κ1) is 23.4. The Kier molecular flexibility index (Phi) is 7.40. The van der Waals surface area contributed by atoms with Crippen LogP contribution in [0.15, 0.2) is 42.5 Å². The van der Waals surface area contributed by atoms with E-state index in [2.05, 4.69) is 21.1 Å². The van der Waals surface area contributed by atoms with Crippen molar-refractivity contribution in [3.63, 3.8) is 0 Å². The number of carbonyl (C=O) groups excluding carboxylic acids is 2. The minimum atomic E-state index is -1.19. The predicted molar refractivity (Wildman–Crippen MR) is 129 cm³/mol. The van der Waals surface area contributed by atoms with Crippen LogP contribution in [-0.2, 0) is 15.1 Å². The maximum absolute atomic E-state index is 13.3. The van der Waals surface area contributed by atoms with Crippen LogP contribution in [0, 0.1) is 0 Å². The molecule has 0 aliphatic carbocycles. The van der Waals surface area contributed by atoms with E-state index in [0.717, 1.165) is 32.5 Å². The van der Waals surface area contributed by atoms with E-state index in [-0.39, 0.29) is 5.91 Å². The number of anilines is 1. The molecule has 3 N–H and O–H groups in total. The van der Waals surface area contributed by atoms with Gasteiger partial charge < -0.3 is 15.0 Å². The first-order valence-electron chi connectivity index (χ1n) is 11.6. The Labute approximate surface area is 199 Å². The van der Waals surface area contributed by atoms with Crippen LogP contribution >= 0.6 is 11.6 Å². The maximum atomic E-state index is 13.3. The number of unbranched alkanes of at least 4 members (excludes halogenated alkanes) is 1. The molecule has 1 saturated heterocycles. The summed E-state index contributed by atoms with van der Waals surface area (Å²) in [5.41, 5.74) is 5.24. The average molecular weight is 471 g/mol. The molecule has 2 aliphatic rings. The molecule has 2 aromatic rings. The van der Waals surface area contributed by atoms with Gasteiger partial charge in [0.05, 0.1) is 5.69 Å². The number of fused-ring (bicyclic) bond motifs is 2. The van der Waals surface area contributed by atoms with Crippen LogP contribution in [0.3, 0.4) is 0 Å². The fraction of sp³-hybridized carbons (Fsp3) is 0.440. The first-order chi connectivity index (χ1) is 16.0. The van der Waals surface area contributed by atoms with E-state index in [1.54, 1.807) is 25.1 Å². The van der Waals surface area contributed by atoms with Gasteiger partial charge in [0.2, 0.25) is 5.91 Å².